The van der Waals surface area contributed by atoms with E-state index >= 15 is 0 Å². The molecule has 2 aromatic rings. The molecule has 5 nitrogen and oxygen atoms in total. The molecule has 0 bridgehead atoms. The number of anilines is 1. The Balaban J connectivity index is 1.54. The number of thiol groups is 1. The fraction of sp³-hybridized carbons (Fsp3) is 0.483. The maximum absolute atomic E-state index is 11.9. The number of ether oxygens (including phenoxy) is 1. The van der Waals surface area contributed by atoms with E-state index in [0.29, 0.717) is 17.9 Å². The predicted octanol–water partition coefficient (Wildman–Crippen LogP) is 5.57. The van der Waals surface area contributed by atoms with Crippen molar-refractivity contribution in [3.8, 4) is 5.75 Å². The van der Waals surface area contributed by atoms with Crippen molar-refractivity contribution >= 4 is 35.8 Å². The second-order valence-corrected chi connectivity index (χ2v) is 11.1. The van der Waals surface area contributed by atoms with Gasteiger partial charge in [-0.05, 0) is 91.7 Å². The molecule has 4 rings (SSSR count). The van der Waals surface area contributed by atoms with Gasteiger partial charge in [-0.3, -0.25) is 4.79 Å². The van der Waals surface area contributed by atoms with Crippen molar-refractivity contribution < 1.29 is 14.6 Å². The number of unbranched alkanes of at least 4 members (excludes halogenated alkanes) is 2. The predicted molar refractivity (Wildman–Crippen MR) is 151 cm³/mol. The van der Waals surface area contributed by atoms with Gasteiger partial charge in [-0.15, -0.1) is 0 Å². The number of fused-ring (bicyclic) bond motifs is 3. The molecule has 0 aromatic heterocycles. The van der Waals surface area contributed by atoms with Crippen LogP contribution < -0.4 is 15.4 Å². The van der Waals surface area contributed by atoms with E-state index in [1.165, 1.54) is 11.1 Å². The summed E-state index contributed by atoms with van der Waals surface area (Å²) in [6.07, 6.45) is 9.54. The molecule has 2 aliphatic rings. The first-order valence-electron chi connectivity index (χ1n) is 12.9. The molecule has 0 saturated carbocycles. The third-order valence-corrected chi connectivity index (χ3v) is 8.39. The average molecular weight is 529 g/mol. The van der Waals surface area contributed by atoms with Crippen molar-refractivity contribution in [1.29, 1.82) is 0 Å². The number of carbonyl (C=O) groups excluding carboxylic acids is 1. The topological polar surface area (TPSA) is 75.8 Å². The monoisotopic (exact) mass is 528 g/mol. The number of primary amides is 1. The average Bonchev–Trinajstić information content (AvgIpc) is 3.02. The highest BCUT2D eigenvalue weighted by molar-refractivity contribution is 7.80. The molecular formula is C29H37ClN2O3S. The first-order valence-corrected chi connectivity index (χ1v) is 13.9. The fourth-order valence-electron chi connectivity index (χ4n) is 5.40. The van der Waals surface area contributed by atoms with Crippen molar-refractivity contribution in [2.75, 3.05) is 30.3 Å². The lowest BCUT2D eigenvalue weighted by atomic mass is 9.70. The van der Waals surface area contributed by atoms with Gasteiger partial charge in [0.25, 0.3) is 0 Å². The van der Waals surface area contributed by atoms with Gasteiger partial charge in [0.1, 0.15) is 5.75 Å². The number of halogens is 1. The minimum atomic E-state index is -0.455. The van der Waals surface area contributed by atoms with Gasteiger partial charge < -0.3 is 20.5 Å². The van der Waals surface area contributed by atoms with Crippen molar-refractivity contribution in [2.45, 2.75) is 57.0 Å². The number of aryl methyl sites for hydroxylation is 1. The minimum absolute atomic E-state index is 0.141. The molecule has 2 aromatic carbocycles. The summed E-state index contributed by atoms with van der Waals surface area (Å²) < 4.78 is 6.43. The van der Waals surface area contributed by atoms with Crippen LogP contribution in [0.15, 0.2) is 48.6 Å². The molecule has 3 N–H and O–H groups in total. The highest BCUT2D eigenvalue weighted by Crippen LogP contribution is 2.44. The summed E-state index contributed by atoms with van der Waals surface area (Å²) in [7, 11) is 0. The Labute approximate surface area is 225 Å². The lowest BCUT2D eigenvalue weighted by Crippen LogP contribution is -2.46. The van der Waals surface area contributed by atoms with Crippen LogP contribution in [0.5, 0.6) is 5.75 Å². The summed E-state index contributed by atoms with van der Waals surface area (Å²) >= 11 is 10.6. The molecule has 0 saturated heterocycles. The molecular weight excluding hydrogens is 492 g/mol. The number of nitrogens with zero attached hydrogens (tertiary/aromatic N) is 1. The summed E-state index contributed by atoms with van der Waals surface area (Å²) in [6, 6.07) is 11.7. The van der Waals surface area contributed by atoms with Gasteiger partial charge in [0.05, 0.1) is 18.4 Å². The van der Waals surface area contributed by atoms with Crippen molar-refractivity contribution in [2.24, 2.45) is 11.7 Å². The Kier molecular flexibility index (Phi) is 8.91. The SMILES string of the molecule is C[C@H](CS)C(O)/C=C/CCCCN1C[C@@]2(CCCc3cc(Cl)ccc32)COc2ccc(C(N)=O)cc21. The van der Waals surface area contributed by atoms with Gasteiger partial charge in [-0.1, -0.05) is 36.7 Å². The van der Waals surface area contributed by atoms with Crippen molar-refractivity contribution in [1.82, 2.24) is 0 Å². The van der Waals surface area contributed by atoms with Gasteiger partial charge in [-0.2, -0.15) is 12.6 Å². The number of benzene rings is 2. The molecule has 3 atom stereocenters. The number of amides is 1. The van der Waals surface area contributed by atoms with Crippen molar-refractivity contribution in [3.63, 3.8) is 0 Å². The fourth-order valence-corrected chi connectivity index (χ4v) is 5.81. The summed E-state index contributed by atoms with van der Waals surface area (Å²) in [5, 5.41) is 10.9. The van der Waals surface area contributed by atoms with Crippen LogP contribution in [0.2, 0.25) is 5.02 Å². The second kappa shape index (κ2) is 11.9. The largest absolute Gasteiger partial charge is 0.490 e. The molecule has 36 heavy (non-hydrogen) atoms. The van der Waals surface area contributed by atoms with E-state index in [4.69, 9.17) is 22.1 Å². The van der Waals surface area contributed by atoms with E-state index in [0.717, 1.165) is 68.1 Å². The standard InChI is InChI=1S/C29H37ClN2O3S/c1-20(17-36)26(33)8-4-2-3-5-14-32-18-29(13-6-7-21-15-23(30)10-11-24(21)29)19-35-27-12-9-22(28(31)34)16-25(27)32/h4,8-12,15-16,20,26,33,36H,2-3,5-7,13-14,17-19H2,1H3,(H2,31,34)/b8-4+/t20-,26?,29+/m1/s1. The summed E-state index contributed by atoms with van der Waals surface area (Å²) in [5.74, 6) is 1.16. The molecule has 1 unspecified atom stereocenters. The normalized spacial score (nSPS) is 20.9. The van der Waals surface area contributed by atoms with E-state index in [1.54, 1.807) is 6.07 Å². The van der Waals surface area contributed by atoms with Gasteiger partial charge in [0.2, 0.25) is 5.91 Å². The first kappa shape index (κ1) is 26.9. The summed E-state index contributed by atoms with van der Waals surface area (Å²) in [6.45, 7) is 4.23. The number of hydrogen-bond donors (Lipinski definition) is 3. The highest BCUT2D eigenvalue weighted by Gasteiger charge is 2.41. The number of hydrogen-bond acceptors (Lipinski definition) is 5. The Morgan fingerprint density at radius 3 is 2.92 bits per heavy atom. The van der Waals surface area contributed by atoms with Crippen LogP contribution in [-0.2, 0) is 11.8 Å². The summed E-state index contributed by atoms with van der Waals surface area (Å²) in [4.78, 5) is 14.3. The van der Waals surface area contributed by atoms with Crippen molar-refractivity contribution in [3.05, 3.63) is 70.3 Å². The Morgan fingerprint density at radius 2 is 2.14 bits per heavy atom. The lowest BCUT2D eigenvalue weighted by Gasteiger charge is -2.41. The first-order chi connectivity index (χ1) is 17.3. The molecule has 0 radical (unpaired) electrons. The van der Waals surface area contributed by atoms with Gasteiger partial charge in [0.15, 0.2) is 0 Å². The Hall–Kier alpha value is -2.15. The number of aliphatic hydroxyl groups excluding tert-OH is 1. The number of carbonyl (C=O) groups is 1. The van der Waals surface area contributed by atoms with Crippen LogP contribution in [0.3, 0.4) is 0 Å². The molecule has 0 fully saturated rings. The van der Waals surface area contributed by atoms with E-state index < -0.39 is 12.0 Å². The molecule has 1 heterocycles. The van der Waals surface area contributed by atoms with Gasteiger partial charge in [-0.25, -0.2) is 0 Å². The zero-order chi connectivity index (χ0) is 25.7. The van der Waals surface area contributed by atoms with Gasteiger partial charge >= 0.3 is 0 Å². The number of aliphatic hydroxyl groups is 1. The van der Waals surface area contributed by atoms with Crippen LogP contribution in [0.4, 0.5) is 5.69 Å². The van der Waals surface area contributed by atoms with Gasteiger partial charge in [0, 0.05) is 29.1 Å². The number of nitrogens with two attached hydrogens (primary N) is 1. The second-order valence-electron chi connectivity index (χ2n) is 10.3. The molecule has 194 valence electrons. The van der Waals surface area contributed by atoms with Crippen LogP contribution in [-0.4, -0.2) is 42.6 Å². The third-order valence-electron chi connectivity index (χ3n) is 7.57. The highest BCUT2D eigenvalue weighted by atomic mass is 35.5. The number of allylic oxidation sites excluding steroid dienone is 1. The molecule has 1 amide bonds. The Morgan fingerprint density at radius 1 is 1.31 bits per heavy atom. The molecule has 1 aliphatic carbocycles. The summed E-state index contributed by atoms with van der Waals surface area (Å²) in [5.41, 5.74) is 9.52. The molecule has 1 spiro atoms. The molecule has 1 aliphatic heterocycles. The molecule has 7 heteroatoms. The van der Waals surface area contributed by atoms with Crippen LogP contribution in [0.1, 0.15) is 60.5 Å². The van der Waals surface area contributed by atoms with E-state index in [-0.39, 0.29) is 11.3 Å². The van der Waals surface area contributed by atoms with E-state index in [2.05, 4.69) is 35.7 Å². The lowest BCUT2D eigenvalue weighted by molar-refractivity contribution is 0.1000. The zero-order valence-electron chi connectivity index (χ0n) is 21.0. The van der Waals surface area contributed by atoms with E-state index in [9.17, 15) is 9.90 Å². The number of rotatable bonds is 9. The smallest absolute Gasteiger partial charge is 0.248 e. The van der Waals surface area contributed by atoms with E-state index in [1.807, 2.05) is 31.2 Å². The van der Waals surface area contributed by atoms with Crippen LogP contribution in [0, 0.1) is 5.92 Å². The third kappa shape index (κ3) is 6.04. The Bertz CT molecular complexity index is 1110. The minimum Gasteiger partial charge on any atom is -0.490 e. The van der Waals surface area contributed by atoms with Crippen LogP contribution >= 0.6 is 24.2 Å². The zero-order valence-corrected chi connectivity index (χ0v) is 22.6. The quantitative estimate of drug-likeness (QED) is 0.226. The maximum Gasteiger partial charge on any atom is 0.248 e. The maximum atomic E-state index is 11.9. The van der Waals surface area contributed by atoms with Crippen LogP contribution in [0.25, 0.3) is 0 Å².